The molecule has 14 heavy (non-hydrogen) atoms. The molecule has 1 aromatic heterocycles. The molecule has 1 heterocycles. The van der Waals surface area contributed by atoms with Crippen molar-refractivity contribution < 1.29 is 4.79 Å². The van der Waals surface area contributed by atoms with E-state index < -0.39 is 0 Å². The standard InChI is InChI=1S/C6H8N6OS/c1-2-5-10-11-6(14-5)9-4(13)3-8-12-7/h2-3H2,1H3,(H,9,11,13). The van der Waals surface area contributed by atoms with Crippen molar-refractivity contribution in [2.24, 2.45) is 5.11 Å². The van der Waals surface area contributed by atoms with Gasteiger partial charge in [-0.1, -0.05) is 23.4 Å². The summed E-state index contributed by atoms with van der Waals surface area (Å²) >= 11 is 1.31. The lowest BCUT2D eigenvalue weighted by Gasteiger charge is -1.94. The Morgan fingerprint density at radius 2 is 2.50 bits per heavy atom. The molecule has 1 rings (SSSR count). The van der Waals surface area contributed by atoms with Crippen molar-refractivity contribution >= 4 is 22.4 Å². The first-order valence-corrected chi connectivity index (χ1v) is 4.71. The summed E-state index contributed by atoms with van der Waals surface area (Å²) < 4.78 is 0. The normalized spacial score (nSPS) is 9.21. The predicted molar refractivity (Wildman–Crippen MR) is 51.9 cm³/mol. The largest absolute Gasteiger partial charge is 0.300 e. The zero-order valence-electron chi connectivity index (χ0n) is 7.47. The third kappa shape index (κ3) is 3.00. The molecular formula is C6H8N6OS. The molecule has 0 aliphatic carbocycles. The fourth-order valence-corrected chi connectivity index (χ4v) is 1.40. The molecule has 0 fully saturated rings. The van der Waals surface area contributed by atoms with E-state index in [-0.39, 0.29) is 12.5 Å². The molecule has 0 unspecified atom stereocenters. The second-order valence-corrected chi connectivity index (χ2v) is 3.35. The van der Waals surface area contributed by atoms with Crippen molar-refractivity contribution in [1.82, 2.24) is 10.2 Å². The second kappa shape index (κ2) is 5.15. The average Bonchev–Trinajstić information content (AvgIpc) is 2.62. The van der Waals surface area contributed by atoms with Crippen molar-refractivity contribution in [2.75, 3.05) is 11.9 Å². The summed E-state index contributed by atoms with van der Waals surface area (Å²) in [5, 5.41) is 14.4. The van der Waals surface area contributed by atoms with Gasteiger partial charge in [-0.15, -0.1) is 10.2 Å². The lowest BCUT2D eigenvalue weighted by atomic mass is 10.5. The fraction of sp³-hybridized carbons (Fsp3) is 0.500. The van der Waals surface area contributed by atoms with Gasteiger partial charge in [-0.2, -0.15) is 0 Å². The highest BCUT2D eigenvalue weighted by atomic mass is 32.1. The smallest absolute Gasteiger partial charge is 0.232 e. The van der Waals surface area contributed by atoms with Crippen LogP contribution in [0, 0.1) is 0 Å². The Bertz CT molecular complexity index is 368. The molecule has 0 spiro atoms. The summed E-state index contributed by atoms with van der Waals surface area (Å²) in [5.74, 6) is -0.387. The van der Waals surface area contributed by atoms with E-state index in [0.29, 0.717) is 5.13 Å². The van der Waals surface area contributed by atoms with Gasteiger partial charge in [-0.3, -0.25) is 4.79 Å². The van der Waals surface area contributed by atoms with E-state index in [2.05, 4.69) is 25.5 Å². The van der Waals surface area contributed by atoms with Crippen LogP contribution in [0.3, 0.4) is 0 Å². The van der Waals surface area contributed by atoms with E-state index in [1.807, 2.05) is 6.92 Å². The zero-order valence-corrected chi connectivity index (χ0v) is 8.28. The summed E-state index contributed by atoms with van der Waals surface area (Å²) in [4.78, 5) is 13.5. The van der Waals surface area contributed by atoms with E-state index in [4.69, 9.17) is 5.53 Å². The number of hydrogen-bond acceptors (Lipinski definition) is 5. The van der Waals surface area contributed by atoms with Gasteiger partial charge in [-0.05, 0) is 12.0 Å². The molecule has 1 aromatic rings. The van der Waals surface area contributed by atoms with Gasteiger partial charge in [0, 0.05) is 4.91 Å². The fourth-order valence-electron chi connectivity index (χ4n) is 0.702. The Hall–Kier alpha value is -1.66. The summed E-state index contributed by atoms with van der Waals surface area (Å²) in [7, 11) is 0. The van der Waals surface area contributed by atoms with Gasteiger partial charge in [0.05, 0.1) is 0 Å². The number of rotatable bonds is 4. The number of carbonyl (C=O) groups is 1. The number of amides is 1. The molecule has 0 radical (unpaired) electrons. The van der Waals surface area contributed by atoms with Gasteiger partial charge >= 0.3 is 0 Å². The lowest BCUT2D eigenvalue weighted by Crippen LogP contribution is -2.13. The Kier molecular flexibility index (Phi) is 3.84. The molecule has 0 aliphatic rings. The van der Waals surface area contributed by atoms with Crippen LogP contribution in [0.1, 0.15) is 11.9 Å². The van der Waals surface area contributed by atoms with Crippen LogP contribution in [-0.2, 0) is 11.2 Å². The molecule has 0 aromatic carbocycles. The molecule has 74 valence electrons. The zero-order chi connectivity index (χ0) is 10.4. The molecule has 0 atom stereocenters. The minimum absolute atomic E-state index is 0.225. The monoisotopic (exact) mass is 212 g/mol. The molecule has 1 amide bonds. The van der Waals surface area contributed by atoms with Gasteiger partial charge < -0.3 is 5.32 Å². The van der Waals surface area contributed by atoms with Crippen molar-refractivity contribution in [3.63, 3.8) is 0 Å². The van der Waals surface area contributed by atoms with Crippen LogP contribution >= 0.6 is 11.3 Å². The van der Waals surface area contributed by atoms with Crippen LogP contribution in [0.25, 0.3) is 10.4 Å². The Balaban J connectivity index is 2.51. The maximum Gasteiger partial charge on any atom is 0.232 e. The Morgan fingerprint density at radius 3 is 3.07 bits per heavy atom. The van der Waals surface area contributed by atoms with Gasteiger partial charge in [0.1, 0.15) is 11.6 Å². The lowest BCUT2D eigenvalue weighted by molar-refractivity contribution is -0.114. The summed E-state index contributed by atoms with van der Waals surface area (Å²) in [6, 6.07) is 0. The van der Waals surface area contributed by atoms with Crippen LogP contribution in [0.2, 0.25) is 0 Å². The number of nitrogens with zero attached hydrogens (tertiary/aromatic N) is 5. The van der Waals surface area contributed by atoms with Gasteiger partial charge in [0.2, 0.25) is 11.0 Å². The minimum Gasteiger partial charge on any atom is -0.300 e. The SMILES string of the molecule is CCc1nnc(NC(=O)CN=[N+]=[N-])s1. The molecule has 1 N–H and O–H groups in total. The molecule has 0 bridgehead atoms. The number of azide groups is 1. The van der Waals surface area contributed by atoms with Crippen LogP contribution in [0.5, 0.6) is 0 Å². The molecule has 0 saturated carbocycles. The highest BCUT2D eigenvalue weighted by Crippen LogP contribution is 2.14. The van der Waals surface area contributed by atoms with Crippen molar-refractivity contribution in [2.45, 2.75) is 13.3 Å². The topological polar surface area (TPSA) is 104 Å². The minimum atomic E-state index is -0.387. The number of hydrogen-bond donors (Lipinski definition) is 1. The maximum absolute atomic E-state index is 11.0. The first-order valence-electron chi connectivity index (χ1n) is 3.89. The third-order valence-corrected chi connectivity index (χ3v) is 2.28. The average molecular weight is 212 g/mol. The predicted octanol–water partition coefficient (Wildman–Crippen LogP) is 1.35. The summed E-state index contributed by atoms with van der Waals surface area (Å²) in [6.45, 7) is 1.73. The maximum atomic E-state index is 11.0. The van der Waals surface area contributed by atoms with E-state index in [0.717, 1.165) is 11.4 Å². The number of carbonyl (C=O) groups excluding carboxylic acids is 1. The van der Waals surface area contributed by atoms with Crippen LogP contribution in [0.4, 0.5) is 5.13 Å². The highest BCUT2D eigenvalue weighted by molar-refractivity contribution is 7.15. The van der Waals surface area contributed by atoms with Gasteiger partial charge in [0.25, 0.3) is 0 Å². The van der Waals surface area contributed by atoms with E-state index in [1.54, 1.807) is 0 Å². The number of aryl methyl sites for hydroxylation is 1. The first kappa shape index (κ1) is 10.4. The van der Waals surface area contributed by atoms with Crippen LogP contribution < -0.4 is 5.32 Å². The Labute approximate surface area is 83.8 Å². The molecular weight excluding hydrogens is 204 g/mol. The number of aromatic nitrogens is 2. The van der Waals surface area contributed by atoms with Crippen LogP contribution in [-0.4, -0.2) is 22.6 Å². The number of anilines is 1. The number of nitrogens with one attached hydrogen (secondary N) is 1. The van der Waals surface area contributed by atoms with E-state index in [1.165, 1.54) is 11.3 Å². The third-order valence-electron chi connectivity index (χ3n) is 1.29. The highest BCUT2D eigenvalue weighted by Gasteiger charge is 2.05. The van der Waals surface area contributed by atoms with Crippen LogP contribution in [0.15, 0.2) is 5.11 Å². The molecule has 7 nitrogen and oxygen atoms in total. The first-order chi connectivity index (χ1) is 6.76. The molecule has 0 saturated heterocycles. The van der Waals surface area contributed by atoms with Crippen molar-refractivity contribution in [1.29, 1.82) is 0 Å². The van der Waals surface area contributed by atoms with E-state index in [9.17, 15) is 4.79 Å². The van der Waals surface area contributed by atoms with Gasteiger partial charge in [-0.25, -0.2) is 0 Å². The van der Waals surface area contributed by atoms with Crippen molar-refractivity contribution in [3.05, 3.63) is 15.5 Å². The summed E-state index contributed by atoms with van der Waals surface area (Å²) in [6.07, 6.45) is 0.782. The van der Waals surface area contributed by atoms with Crippen molar-refractivity contribution in [3.8, 4) is 0 Å². The van der Waals surface area contributed by atoms with Gasteiger partial charge in [0.15, 0.2) is 0 Å². The van der Waals surface area contributed by atoms with E-state index >= 15 is 0 Å². The molecule has 0 aliphatic heterocycles. The summed E-state index contributed by atoms with van der Waals surface area (Å²) in [5.41, 5.74) is 7.98. The quantitative estimate of drug-likeness (QED) is 0.462. The molecule has 8 heteroatoms. The second-order valence-electron chi connectivity index (χ2n) is 2.29. The Morgan fingerprint density at radius 1 is 1.71 bits per heavy atom.